The number of carbonyl (C=O) groups excluding carboxylic acids is 1. The Bertz CT molecular complexity index is 893. The van der Waals surface area contributed by atoms with E-state index >= 15 is 0 Å². The Morgan fingerprint density at radius 3 is 3.08 bits per heavy atom. The first-order valence-electron chi connectivity index (χ1n) is 8.56. The number of aromatic amines is 1. The molecule has 0 unspecified atom stereocenters. The topological polar surface area (TPSA) is 101 Å². The fourth-order valence-electron chi connectivity index (χ4n) is 3.03. The Morgan fingerprint density at radius 1 is 1.36 bits per heavy atom. The van der Waals surface area contributed by atoms with Crippen molar-refractivity contribution in [3.8, 4) is 0 Å². The van der Waals surface area contributed by atoms with Gasteiger partial charge < -0.3 is 15.6 Å². The second kappa shape index (κ2) is 6.54. The number of hydrogen-bond donors (Lipinski definition) is 3. The lowest BCUT2D eigenvalue weighted by atomic mass is 10.1. The average molecular weight is 339 g/mol. The Balaban J connectivity index is 1.27. The van der Waals surface area contributed by atoms with E-state index in [0.29, 0.717) is 25.0 Å². The van der Waals surface area contributed by atoms with Crippen LogP contribution in [0, 0.1) is 6.92 Å². The highest BCUT2D eigenvalue weighted by Gasteiger charge is 2.27. The first-order chi connectivity index (χ1) is 12.2. The molecule has 1 saturated carbocycles. The molecule has 0 aliphatic heterocycles. The van der Waals surface area contributed by atoms with Gasteiger partial charge in [0.2, 0.25) is 0 Å². The summed E-state index contributed by atoms with van der Waals surface area (Å²) in [5, 5.41) is 18.5. The molecule has 1 aliphatic rings. The minimum atomic E-state index is -0.207. The summed E-state index contributed by atoms with van der Waals surface area (Å²) in [6, 6.07) is 6.44. The van der Waals surface area contributed by atoms with Crippen molar-refractivity contribution in [3.63, 3.8) is 0 Å². The lowest BCUT2D eigenvalue weighted by molar-refractivity contribution is 0.240. The molecular weight excluding hydrogens is 318 g/mol. The van der Waals surface area contributed by atoms with Gasteiger partial charge >= 0.3 is 6.03 Å². The van der Waals surface area contributed by atoms with Crippen LogP contribution in [0.15, 0.2) is 24.4 Å². The Hall–Kier alpha value is -2.90. The summed E-state index contributed by atoms with van der Waals surface area (Å²) in [7, 11) is 0. The molecule has 0 bridgehead atoms. The second-order valence-electron chi connectivity index (χ2n) is 6.44. The highest BCUT2D eigenvalue weighted by molar-refractivity contribution is 5.85. The fourth-order valence-corrected chi connectivity index (χ4v) is 3.03. The van der Waals surface area contributed by atoms with Crippen molar-refractivity contribution in [2.75, 3.05) is 6.54 Å². The maximum atomic E-state index is 12.0. The minimum Gasteiger partial charge on any atom is -0.361 e. The number of hydrogen-bond acceptors (Lipinski definition) is 4. The number of rotatable bonds is 6. The molecule has 1 aromatic carbocycles. The Morgan fingerprint density at radius 2 is 2.24 bits per heavy atom. The molecule has 1 aliphatic carbocycles. The number of amides is 2. The van der Waals surface area contributed by atoms with E-state index in [2.05, 4.69) is 56.3 Å². The molecule has 8 nitrogen and oxygen atoms in total. The largest absolute Gasteiger partial charge is 0.361 e. The average Bonchev–Trinajstić information content (AvgIpc) is 3.19. The third kappa shape index (κ3) is 3.33. The quantitative estimate of drug-likeness (QED) is 0.638. The zero-order valence-corrected chi connectivity index (χ0v) is 14.1. The standard InChI is InChI=1S/C17H21N7O/c1-11-3-2-4-14-12(9-19-16(11)14)7-8-18-17(25)20-10-15-21-22-23-24(15)13-5-6-13/h2-4,9,13,19H,5-8,10H2,1H3,(H2,18,20,25). The van der Waals surface area contributed by atoms with Crippen molar-refractivity contribution in [1.29, 1.82) is 0 Å². The fraction of sp³-hybridized carbons (Fsp3) is 0.412. The number of carbonyl (C=O) groups is 1. The third-order valence-corrected chi connectivity index (χ3v) is 4.55. The molecule has 0 radical (unpaired) electrons. The molecule has 8 heteroatoms. The van der Waals surface area contributed by atoms with Gasteiger partial charge in [-0.05, 0) is 47.7 Å². The van der Waals surface area contributed by atoms with Gasteiger partial charge in [0.15, 0.2) is 5.82 Å². The molecule has 0 spiro atoms. The maximum absolute atomic E-state index is 12.0. The summed E-state index contributed by atoms with van der Waals surface area (Å²) in [4.78, 5) is 15.3. The van der Waals surface area contributed by atoms with Crippen molar-refractivity contribution < 1.29 is 4.79 Å². The number of nitrogens with one attached hydrogen (secondary N) is 3. The summed E-state index contributed by atoms with van der Waals surface area (Å²) in [5.41, 5.74) is 3.59. The summed E-state index contributed by atoms with van der Waals surface area (Å²) in [5.74, 6) is 0.699. The zero-order chi connectivity index (χ0) is 17.2. The number of benzene rings is 1. The van der Waals surface area contributed by atoms with Crippen LogP contribution in [0.3, 0.4) is 0 Å². The molecule has 3 aromatic rings. The van der Waals surface area contributed by atoms with E-state index in [1.807, 2.05) is 6.20 Å². The predicted molar refractivity (Wildman–Crippen MR) is 93.1 cm³/mol. The van der Waals surface area contributed by atoms with Crippen LogP contribution in [0.25, 0.3) is 10.9 Å². The SMILES string of the molecule is Cc1cccc2c(CCNC(=O)NCc3nnnn3C3CC3)c[nH]c12. The van der Waals surface area contributed by atoms with Crippen LogP contribution < -0.4 is 10.6 Å². The Kier molecular flexibility index (Phi) is 4.09. The van der Waals surface area contributed by atoms with Gasteiger partial charge in [-0.15, -0.1) is 5.10 Å². The summed E-state index contributed by atoms with van der Waals surface area (Å²) in [6.07, 6.45) is 5.00. The predicted octanol–water partition coefficient (Wildman–Crippen LogP) is 1.84. The number of aromatic nitrogens is 5. The number of H-pyrrole nitrogens is 1. The van der Waals surface area contributed by atoms with Crippen LogP contribution in [-0.4, -0.2) is 37.8 Å². The van der Waals surface area contributed by atoms with Gasteiger partial charge in [0, 0.05) is 23.6 Å². The molecule has 130 valence electrons. The lowest BCUT2D eigenvalue weighted by Crippen LogP contribution is -2.36. The number of tetrazole rings is 1. The smallest absolute Gasteiger partial charge is 0.315 e. The van der Waals surface area contributed by atoms with Crippen LogP contribution in [0.2, 0.25) is 0 Å². The van der Waals surface area contributed by atoms with E-state index in [1.54, 1.807) is 4.68 Å². The van der Waals surface area contributed by atoms with E-state index < -0.39 is 0 Å². The van der Waals surface area contributed by atoms with E-state index in [1.165, 1.54) is 16.5 Å². The van der Waals surface area contributed by atoms with Gasteiger partial charge in [-0.25, -0.2) is 9.48 Å². The number of urea groups is 1. The van der Waals surface area contributed by atoms with Gasteiger partial charge in [-0.1, -0.05) is 18.2 Å². The molecule has 2 heterocycles. The van der Waals surface area contributed by atoms with Gasteiger partial charge in [0.05, 0.1) is 12.6 Å². The van der Waals surface area contributed by atoms with Gasteiger partial charge in [-0.2, -0.15) is 0 Å². The number of nitrogens with zero attached hydrogens (tertiary/aromatic N) is 4. The first kappa shape index (κ1) is 15.6. The summed E-state index contributed by atoms with van der Waals surface area (Å²) < 4.78 is 1.80. The van der Waals surface area contributed by atoms with Crippen LogP contribution in [0.5, 0.6) is 0 Å². The van der Waals surface area contributed by atoms with Gasteiger partial charge in [0.25, 0.3) is 0 Å². The van der Waals surface area contributed by atoms with Crippen molar-refractivity contribution in [1.82, 2.24) is 35.8 Å². The molecule has 2 aromatic heterocycles. The molecule has 0 saturated heterocycles. The van der Waals surface area contributed by atoms with Crippen LogP contribution in [0.1, 0.15) is 35.8 Å². The highest BCUT2D eigenvalue weighted by atomic mass is 16.2. The summed E-state index contributed by atoms with van der Waals surface area (Å²) >= 11 is 0. The summed E-state index contributed by atoms with van der Waals surface area (Å²) in [6.45, 7) is 2.99. The van der Waals surface area contributed by atoms with Crippen LogP contribution >= 0.6 is 0 Å². The highest BCUT2D eigenvalue weighted by Crippen LogP contribution is 2.34. The number of para-hydroxylation sites is 1. The monoisotopic (exact) mass is 339 g/mol. The molecule has 25 heavy (non-hydrogen) atoms. The number of fused-ring (bicyclic) bond motifs is 1. The van der Waals surface area contributed by atoms with Gasteiger partial charge in [-0.3, -0.25) is 0 Å². The van der Waals surface area contributed by atoms with Crippen molar-refractivity contribution in [2.24, 2.45) is 0 Å². The Labute approximate surface area is 145 Å². The van der Waals surface area contributed by atoms with Gasteiger partial charge in [0.1, 0.15) is 0 Å². The second-order valence-corrected chi connectivity index (χ2v) is 6.44. The lowest BCUT2D eigenvalue weighted by Gasteiger charge is -2.07. The van der Waals surface area contributed by atoms with E-state index in [9.17, 15) is 4.79 Å². The molecule has 3 N–H and O–H groups in total. The molecule has 4 rings (SSSR count). The normalized spacial score (nSPS) is 14.0. The maximum Gasteiger partial charge on any atom is 0.315 e. The molecule has 2 amide bonds. The zero-order valence-electron chi connectivity index (χ0n) is 14.1. The number of aryl methyl sites for hydroxylation is 1. The third-order valence-electron chi connectivity index (χ3n) is 4.55. The van der Waals surface area contributed by atoms with Crippen molar-refractivity contribution in [3.05, 3.63) is 41.3 Å². The van der Waals surface area contributed by atoms with E-state index in [-0.39, 0.29) is 6.03 Å². The minimum absolute atomic E-state index is 0.207. The molecular formula is C17H21N7O. The molecule has 1 fully saturated rings. The first-order valence-corrected chi connectivity index (χ1v) is 8.56. The van der Waals surface area contributed by atoms with Crippen LogP contribution in [0.4, 0.5) is 4.79 Å². The van der Waals surface area contributed by atoms with E-state index in [4.69, 9.17) is 0 Å². The molecule has 0 atom stereocenters. The van der Waals surface area contributed by atoms with E-state index in [0.717, 1.165) is 24.8 Å². The van der Waals surface area contributed by atoms with Crippen molar-refractivity contribution >= 4 is 16.9 Å². The van der Waals surface area contributed by atoms with Crippen LogP contribution in [-0.2, 0) is 13.0 Å². The van der Waals surface area contributed by atoms with Crippen molar-refractivity contribution in [2.45, 2.75) is 38.8 Å².